The van der Waals surface area contributed by atoms with Crippen LogP contribution in [0.4, 0.5) is 0 Å². The molecule has 1 aliphatic heterocycles. The Morgan fingerprint density at radius 2 is 2.00 bits per heavy atom. The Kier molecular flexibility index (Phi) is 5.77. The van der Waals surface area contributed by atoms with E-state index in [1.807, 2.05) is 0 Å². The van der Waals surface area contributed by atoms with Crippen molar-refractivity contribution in [2.45, 2.75) is 59.5 Å². The van der Waals surface area contributed by atoms with Crippen molar-refractivity contribution in [2.75, 3.05) is 19.6 Å². The van der Waals surface area contributed by atoms with Gasteiger partial charge in [-0.1, -0.05) is 34.1 Å². The Bertz CT molecular complexity index is 191. The van der Waals surface area contributed by atoms with Crippen molar-refractivity contribution in [1.82, 2.24) is 10.2 Å². The Hall–Kier alpha value is -0.0800. The van der Waals surface area contributed by atoms with E-state index >= 15 is 0 Å². The SMILES string of the molecule is CCCC(C)CN1CC(C)NCC1C(C)C. The van der Waals surface area contributed by atoms with E-state index in [-0.39, 0.29) is 0 Å². The summed E-state index contributed by atoms with van der Waals surface area (Å²) in [7, 11) is 0. The molecule has 16 heavy (non-hydrogen) atoms. The van der Waals surface area contributed by atoms with Gasteiger partial charge in [0.15, 0.2) is 0 Å². The molecule has 1 aliphatic rings. The van der Waals surface area contributed by atoms with E-state index in [9.17, 15) is 0 Å². The summed E-state index contributed by atoms with van der Waals surface area (Å²) >= 11 is 0. The van der Waals surface area contributed by atoms with Gasteiger partial charge in [-0.15, -0.1) is 0 Å². The molecule has 0 aromatic rings. The normalized spacial score (nSPS) is 29.6. The third-order valence-corrected chi connectivity index (χ3v) is 3.75. The van der Waals surface area contributed by atoms with Crippen molar-refractivity contribution in [3.63, 3.8) is 0 Å². The lowest BCUT2D eigenvalue weighted by atomic mass is 9.96. The lowest BCUT2D eigenvalue weighted by Crippen LogP contribution is -2.58. The second kappa shape index (κ2) is 6.61. The first-order valence-electron chi connectivity index (χ1n) is 7.02. The largest absolute Gasteiger partial charge is 0.311 e. The number of piperazine rings is 1. The molecule has 0 spiro atoms. The van der Waals surface area contributed by atoms with Crippen LogP contribution in [-0.2, 0) is 0 Å². The molecular weight excluding hydrogens is 196 g/mol. The van der Waals surface area contributed by atoms with Crippen LogP contribution in [0, 0.1) is 11.8 Å². The number of nitrogens with zero attached hydrogens (tertiary/aromatic N) is 1. The molecule has 1 fully saturated rings. The summed E-state index contributed by atoms with van der Waals surface area (Å²) in [5.41, 5.74) is 0. The fourth-order valence-corrected chi connectivity index (χ4v) is 2.85. The second-order valence-corrected chi connectivity index (χ2v) is 5.97. The smallest absolute Gasteiger partial charge is 0.0244 e. The molecule has 1 N–H and O–H groups in total. The van der Waals surface area contributed by atoms with Crippen molar-refractivity contribution in [1.29, 1.82) is 0 Å². The van der Waals surface area contributed by atoms with Gasteiger partial charge in [0.1, 0.15) is 0 Å². The van der Waals surface area contributed by atoms with Gasteiger partial charge in [0, 0.05) is 31.7 Å². The minimum atomic E-state index is 0.656. The van der Waals surface area contributed by atoms with Crippen molar-refractivity contribution in [3.05, 3.63) is 0 Å². The molecule has 0 amide bonds. The average molecular weight is 226 g/mol. The molecule has 0 aromatic heterocycles. The first kappa shape index (κ1) is 14.0. The van der Waals surface area contributed by atoms with Gasteiger partial charge in [0.2, 0.25) is 0 Å². The van der Waals surface area contributed by atoms with Gasteiger partial charge in [-0.3, -0.25) is 4.90 Å². The molecule has 0 aliphatic carbocycles. The third kappa shape index (κ3) is 4.06. The monoisotopic (exact) mass is 226 g/mol. The van der Waals surface area contributed by atoms with Crippen LogP contribution in [0.1, 0.15) is 47.5 Å². The number of rotatable bonds is 5. The fourth-order valence-electron chi connectivity index (χ4n) is 2.85. The Labute approximate surface area is 102 Å². The van der Waals surface area contributed by atoms with Crippen LogP contribution < -0.4 is 5.32 Å². The Morgan fingerprint density at radius 3 is 2.56 bits per heavy atom. The van der Waals surface area contributed by atoms with Crippen molar-refractivity contribution in [2.24, 2.45) is 11.8 Å². The summed E-state index contributed by atoms with van der Waals surface area (Å²) in [5, 5.41) is 3.61. The maximum Gasteiger partial charge on any atom is 0.0244 e. The van der Waals surface area contributed by atoms with Crippen LogP contribution in [-0.4, -0.2) is 36.6 Å². The maximum atomic E-state index is 3.61. The van der Waals surface area contributed by atoms with Gasteiger partial charge in [-0.25, -0.2) is 0 Å². The minimum Gasteiger partial charge on any atom is -0.311 e. The van der Waals surface area contributed by atoms with Gasteiger partial charge >= 0.3 is 0 Å². The summed E-state index contributed by atoms with van der Waals surface area (Å²) in [6.07, 6.45) is 2.68. The highest BCUT2D eigenvalue weighted by molar-refractivity contribution is 4.86. The standard InChI is InChI=1S/C14H30N2/c1-6-7-12(4)9-16-10-13(5)15-8-14(16)11(2)3/h11-15H,6-10H2,1-5H3. The molecule has 2 nitrogen and oxygen atoms in total. The van der Waals surface area contributed by atoms with Gasteiger partial charge in [0.05, 0.1) is 0 Å². The molecule has 1 saturated heterocycles. The Balaban J connectivity index is 2.50. The highest BCUT2D eigenvalue weighted by atomic mass is 15.2. The summed E-state index contributed by atoms with van der Waals surface area (Å²) in [6, 6.07) is 1.39. The minimum absolute atomic E-state index is 0.656. The van der Waals surface area contributed by atoms with Crippen LogP contribution in [0.25, 0.3) is 0 Å². The van der Waals surface area contributed by atoms with E-state index in [0.29, 0.717) is 6.04 Å². The first-order chi connectivity index (χ1) is 7.54. The molecule has 0 bridgehead atoms. The molecule has 1 heterocycles. The van der Waals surface area contributed by atoms with Crippen molar-refractivity contribution >= 4 is 0 Å². The number of nitrogens with one attached hydrogen (secondary N) is 1. The van der Waals surface area contributed by atoms with Crippen LogP contribution in [0.2, 0.25) is 0 Å². The van der Waals surface area contributed by atoms with Gasteiger partial charge in [0.25, 0.3) is 0 Å². The van der Waals surface area contributed by atoms with E-state index in [1.165, 1.54) is 25.9 Å². The van der Waals surface area contributed by atoms with Gasteiger partial charge in [-0.2, -0.15) is 0 Å². The van der Waals surface area contributed by atoms with Crippen molar-refractivity contribution < 1.29 is 0 Å². The molecule has 3 atom stereocenters. The first-order valence-corrected chi connectivity index (χ1v) is 7.02. The van der Waals surface area contributed by atoms with Crippen molar-refractivity contribution in [3.8, 4) is 0 Å². The van der Waals surface area contributed by atoms with E-state index < -0.39 is 0 Å². The second-order valence-electron chi connectivity index (χ2n) is 5.97. The predicted molar refractivity (Wildman–Crippen MR) is 71.7 cm³/mol. The predicted octanol–water partition coefficient (Wildman–Crippen LogP) is 2.74. The van der Waals surface area contributed by atoms with Crippen LogP contribution >= 0.6 is 0 Å². The van der Waals surface area contributed by atoms with Crippen LogP contribution in [0.15, 0.2) is 0 Å². The summed E-state index contributed by atoms with van der Waals surface area (Å²) in [5.74, 6) is 1.60. The molecule has 2 heteroatoms. The zero-order valence-corrected chi connectivity index (χ0v) is 11.8. The summed E-state index contributed by atoms with van der Waals surface area (Å²) in [4.78, 5) is 2.71. The molecule has 96 valence electrons. The lowest BCUT2D eigenvalue weighted by Gasteiger charge is -2.42. The number of hydrogen-bond acceptors (Lipinski definition) is 2. The van der Waals surface area contributed by atoms with Crippen LogP contribution in [0.3, 0.4) is 0 Å². The fraction of sp³-hybridized carbons (Fsp3) is 1.00. The van der Waals surface area contributed by atoms with E-state index in [1.54, 1.807) is 0 Å². The summed E-state index contributed by atoms with van der Waals surface area (Å²) < 4.78 is 0. The van der Waals surface area contributed by atoms with Gasteiger partial charge in [-0.05, 0) is 25.2 Å². The number of hydrogen-bond donors (Lipinski definition) is 1. The quantitative estimate of drug-likeness (QED) is 0.775. The third-order valence-electron chi connectivity index (χ3n) is 3.75. The van der Waals surface area contributed by atoms with E-state index in [2.05, 4.69) is 44.8 Å². The molecule has 3 unspecified atom stereocenters. The molecule has 0 radical (unpaired) electrons. The van der Waals surface area contributed by atoms with E-state index in [0.717, 1.165) is 24.4 Å². The van der Waals surface area contributed by atoms with E-state index in [4.69, 9.17) is 0 Å². The van der Waals surface area contributed by atoms with Crippen LogP contribution in [0.5, 0.6) is 0 Å². The highest BCUT2D eigenvalue weighted by Gasteiger charge is 2.28. The lowest BCUT2D eigenvalue weighted by molar-refractivity contribution is 0.0865. The maximum absolute atomic E-state index is 3.61. The Morgan fingerprint density at radius 1 is 1.31 bits per heavy atom. The van der Waals surface area contributed by atoms with Gasteiger partial charge < -0.3 is 5.32 Å². The zero-order chi connectivity index (χ0) is 12.1. The molecule has 0 saturated carbocycles. The molecule has 1 rings (SSSR count). The topological polar surface area (TPSA) is 15.3 Å². The summed E-state index contributed by atoms with van der Waals surface area (Å²) in [6.45, 7) is 15.3. The zero-order valence-electron chi connectivity index (χ0n) is 11.8. The molecular formula is C14H30N2. The molecule has 0 aromatic carbocycles. The average Bonchev–Trinajstić information content (AvgIpc) is 2.17. The highest BCUT2D eigenvalue weighted by Crippen LogP contribution is 2.18.